The van der Waals surface area contributed by atoms with Crippen molar-refractivity contribution in [3.8, 4) is 0 Å². The molecule has 1 aliphatic carbocycles. The number of oxazole rings is 1. The molecule has 24 heavy (non-hydrogen) atoms. The van der Waals surface area contributed by atoms with Gasteiger partial charge >= 0.3 is 0 Å². The number of nitrogens with zero attached hydrogens (tertiary/aromatic N) is 3. The predicted octanol–water partition coefficient (Wildman–Crippen LogP) is 1.46. The standard InChI is InChI=1S/C17H31N5O2/c1-5-18-17(20-12-16-21-13(2)14(3)24-16)19-8-9-22(10-11-23-4)15-6-7-15/h15H,5-12H2,1-4H3,(H2,18,19,20). The van der Waals surface area contributed by atoms with Crippen LogP contribution in [0.1, 0.15) is 37.1 Å². The van der Waals surface area contributed by atoms with Crippen molar-refractivity contribution in [3.05, 3.63) is 17.3 Å². The van der Waals surface area contributed by atoms with Gasteiger partial charge in [0.1, 0.15) is 12.3 Å². The fraction of sp³-hybridized carbons (Fsp3) is 0.765. The molecule has 0 radical (unpaired) electrons. The molecule has 0 amide bonds. The molecule has 1 fully saturated rings. The van der Waals surface area contributed by atoms with Crippen molar-refractivity contribution < 1.29 is 9.15 Å². The molecular formula is C17H31N5O2. The molecule has 0 unspecified atom stereocenters. The summed E-state index contributed by atoms with van der Waals surface area (Å²) in [7, 11) is 1.76. The van der Waals surface area contributed by atoms with E-state index in [2.05, 4.69) is 32.4 Å². The van der Waals surface area contributed by atoms with Gasteiger partial charge in [-0.2, -0.15) is 0 Å². The van der Waals surface area contributed by atoms with Gasteiger partial charge in [-0.15, -0.1) is 0 Å². The second-order valence-electron chi connectivity index (χ2n) is 6.13. The van der Waals surface area contributed by atoms with Gasteiger partial charge in [0.15, 0.2) is 5.96 Å². The number of ether oxygens (including phenoxy) is 1. The SMILES string of the molecule is CCNC(=NCc1nc(C)c(C)o1)NCCN(CCOC)C1CC1. The summed E-state index contributed by atoms with van der Waals surface area (Å²) in [6.07, 6.45) is 2.61. The first-order valence-electron chi connectivity index (χ1n) is 8.82. The van der Waals surface area contributed by atoms with Crippen LogP contribution in [0.5, 0.6) is 0 Å². The minimum atomic E-state index is 0.444. The predicted molar refractivity (Wildman–Crippen MR) is 95.3 cm³/mol. The van der Waals surface area contributed by atoms with E-state index in [0.29, 0.717) is 12.4 Å². The number of guanidine groups is 1. The van der Waals surface area contributed by atoms with Crippen LogP contribution in [0.4, 0.5) is 0 Å². The number of hydrogen-bond acceptors (Lipinski definition) is 5. The van der Waals surface area contributed by atoms with Crippen molar-refractivity contribution in [1.29, 1.82) is 0 Å². The molecule has 1 aromatic rings. The van der Waals surface area contributed by atoms with Gasteiger partial charge in [0.25, 0.3) is 0 Å². The average molecular weight is 337 g/mol. The lowest BCUT2D eigenvalue weighted by molar-refractivity contribution is 0.144. The zero-order chi connectivity index (χ0) is 17.4. The Labute approximate surface area is 144 Å². The quantitative estimate of drug-likeness (QED) is 0.497. The molecule has 2 N–H and O–H groups in total. The summed E-state index contributed by atoms with van der Waals surface area (Å²) in [6, 6.07) is 0.736. The third-order valence-corrected chi connectivity index (χ3v) is 4.13. The summed E-state index contributed by atoms with van der Waals surface area (Å²) in [5.74, 6) is 2.31. The number of nitrogens with one attached hydrogen (secondary N) is 2. The van der Waals surface area contributed by atoms with Gasteiger partial charge in [0.05, 0.1) is 12.3 Å². The molecule has 7 heteroatoms. The van der Waals surface area contributed by atoms with Crippen LogP contribution < -0.4 is 10.6 Å². The zero-order valence-electron chi connectivity index (χ0n) is 15.4. The van der Waals surface area contributed by atoms with E-state index in [1.165, 1.54) is 12.8 Å². The van der Waals surface area contributed by atoms with Crippen molar-refractivity contribution in [2.75, 3.05) is 39.9 Å². The Bertz CT molecular complexity index is 506. The molecule has 0 atom stereocenters. The summed E-state index contributed by atoms with van der Waals surface area (Å²) in [5, 5.41) is 6.65. The van der Waals surface area contributed by atoms with Crippen LogP contribution in [-0.2, 0) is 11.3 Å². The Balaban J connectivity index is 1.80. The lowest BCUT2D eigenvalue weighted by Gasteiger charge is -2.22. The van der Waals surface area contributed by atoms with Crippen molar-refractivity contribution in [1.82, 2.24) is 20.5 Å². The first-order chi connectivity index (χ1) is 11.6. The Morgan fingerprint density at radius 1 is 1.33 bits per heavy atom. The van der Waals surface area contributed by atoms with E-state index in [1.807, 2.05) is 13.8 Å². The molecule has 1 heterocycles. The molecular weight excluding hydrogens is 306 g/mol. The van der Waals surface area contributed by atoms with Crippen LogP contribution in [0.25, 0.3) is 0 Å². The van der Waals surface area contributed by atoms with Crippen LogP contribution in [0.15, 0.2) is 9.41 Å². The highest BCUT2D eigenvalue weighted by Gasteiger charge is 2.28. The van der Waals surface area contributed by atoms with Crippen molar-refractivity contribution in [2.45, 2.75) is 46.2 Å². The van der Waals surface area contributed by atoms with Crippen molar-refractivity contribution >= 4 is 5.96 Å². The lowest BCUT2D eigenvalue weighted by Crippen LogP contribution is -2.42. The Morgan fingerprint density at radius 2 is 2.12 bits per heavy atom. The minimum Gasteiger partial charge on any atom is -0.444 e. The van der Waals surface area contributed by atoms with E-state index in [9.17, 15) is 0 Å². The highest BCUT2D eigenvalue weighted by molar-refractivity contribution is 5.79. The number of rotatable bonds is 10. The van der Waals surface area contributed by atoms with Gasteiger partial charge in [-0.25, -0.2) is 9.98 Å². The molecule has 0 saturated heterocycles. The largest absolute Gasteiger partial charge is 0.444 e. The van der Waals surface area contributed by atoms with Crippen molar-refractivity contribution in [2.24, 2.45) is 4.99 Å². The first-order valence-corrected chi connectivity index (χ1v) is 8.82. The summed E-state index contributed by atoms with van der Waals surface area (Å²) in [5.41, 5.74) is 0.927. The molecule has 0 aromatic carbocycles. The van der Waals surface area contributed by atoms with Crippen LogP contribution in [0, 0.1) is 13.8 Å². The fourth-order valence-corrected chi connectivity index (χ4v) is 2.54. The smallest absolute Gasteiger partial charge is 0.216 e. The maximum Gasteiger partial charge on any atom is 0.216 e. The number of hydrogen-bond donors (Lipinski definition) is 2. The van der Waals surface area contributed by atoms with Crippen LogP contribution in [0.3, 0.4) is 0 Å². The van der Waals surface area contributed by atoms with Gasteiger partial charge in [-0.1, -0.05) is 0 Å². The summed E-state index contributed by atoms with van der Waals surface area (Å²) in [6.45, 7) is 10.8. The highest BCUT2D eigenvalue weighted by Crippen LogP contribution is 2.25. The Hall–Kier alpha value is -1.60. The monoisotopic (exact) mass is 337 g/mol. The van der Waals surface area contributed by atoms with Gasteiger partial charge in [0, 0.05) is 39.3 Å². The summed E-state index contributed by atoms with van der Waals surface area (Å²) in [4.78, 5) is 11.4. The molecule has 0 spiro atoms. The number of methoxy groups -OCH3 is 1. The number of aryl methyl sites for hydroxylation is 2. The second kappa shape index (κ2) is 9.64. The second-order valence-corrected chi connectivity index (χ2v) is 6.13. The zero-order valence-corrected chi connectivity index (χ0v) is 15.4. The fourth-order valence-electron chi connectivity index (χ4n) is 2.54. The lowest BCUT2D eigenvalue weighted by atomic mass is 10.4. The van der Waals surface area contributed by atoms with E-state index in [4.69, 9.17) is 9.15 Å². The highest BCUT2D eigenvalue weighted by atomic mass is 16.5. The van der Waals surface area contributed by atoms with E-state index >= 15 is 0 Å². The third-order valence-electron chi connectivity index (χ3n) is 4.13. The summed E-state index contributed by atoms with van der Waals surface area (Å²) < 4.78 is 10.8. The molecule has 0 aliphatic heterocycles. The molecule has 2 rings (SSSR count). The van der Waals surface area contributed by atoms with Gasteiger partial charge in [-0.3, -0.25) is 4.90 Å². The first kappa shape index (κ1) is 18.7. The molecule has 7 nitrogen and oxygen atoms in total. The normalized spacial score (nSPS) is 15.1. The molecule has 0 bridgehead atoms. The maximum absolute atomic E-state index is 5.57. The van der Waals surface area contributed by atoms with Gasteiger partial charge < -0.3 is 19.8 Å². The molecule has 1 saturated carbocycles. The van der Waals surface area contributed by atoms with Gasteiger partial charge in [0.2, 0.25) is 5.89 Å². The Morgan fingerprint density at radius 3 is 2.71 bits per heavy atom. The van der Waals surface area contributed by atoms with Crippen LogP contribution in [0.2, 0.25) is 0 Å². The van der Waals surface area contributed by atoms with E-state index in [0.717, 1.165) is 56.2 Å². The van der Waals surface area contributed by atoms with Crippen LogP contribution >= 0.6 is 0 Å². The third kappa shape index (κ3) is 6.13. The maximum atomic E-state index is 5.57. The van der Waals surface area contributed by atoms with E-state index < -0.39 is 0 Å². The van der Waals surface area contributed by atoms with Crippen molar-refractivity contribution in [3.63, 3.8) is 0 Å². The average Bonchev–Trinajstić information content (AvgIpc) is 3.35. The summed E-state index contributed by atoms with van der Waals surface area (Å²) >= 11 is 0. The van der Waals surface area contributed by atoms with E-state index in [-0.39, 0.29) is 0 Å². The minimum absolute atomic E-state index is 0.444. The number of aromatic nitrogens is 1. The van der Waals surface area contributed by atoms with Gasteiger partial charge in [-0.05, 0) is 33.6 Å². The number of aliphatic imine (C=N–C) groups is 1. The van der Waals surface area contributed by atoms with E-state index in [1.54, 1.807) is 7.11 Å². The Kier molecular flexibility index (Phi) is 7.52. The molecule has 136 valence electrons. The molecule has 1 aromatic heterocycles. The van der Waals surface area contributed by atoms with Crippen LogP contribution in [-0.4, -0.2) is 61.8 Å². The topological polar surface area (TPSA) is 74.9 Å². The molecule has 1 aliphatic rings.